The van der Waals surface area contributed by atoms with Crippen molar-refractivity contribution >= 4 is 23.1 Å². The van der Waals surface area contributed by atoms with Crippen LogP contribution < -0.4 is 0 Å². The summed E-state index contributed by atoms with van der Waals surface area (Å²) in [4.78, 5) is 11.5. The van der Waals surface area contributed by atoms with Crippen LogP contribution in [0.3, 0.4) is 0 Å². The van der Waals surface area contributed by atoms with E-state index in [0.29, 0.717) is 4.64 Å². The molecular weight excluding hydrogens is 242 g/mol. The summed E-state index contributed by atoms with van der Waals surface area (Å²) < 4.78 is 0.634. The van der Waals surface area contributed by atoms with Gasteiger partial charge in [0, 0.05) is 17.1 Å². The standard InChI is InChI=1S/C14H11N3S/c1-9-13(16-8-17-14(9)18)11-4-5-12-10(7-11)3-2-6-15-12/h2-8H,1H3,(H,16,17,18). The van der Waals surface area contributed by atoms with Crippen LogP contribution in [0.4, 0.5) is 0 Å². The van der Waals surface area contributed by atoms with Crippen molar-refractivity contribution in [3.63, 3.8) is 0 Å². The fourth-order valence-corrected chi connectivity index (χ4v) is 2.15. The summed E-state index contributed by atoms with van der Waals surface area (Å²) in [6.45, 7) is 1.98. The van der Waals surface area contributed by atoms with Gasteiger partial charge in [-0.15, -0.1) is 0 Å². The maximum atomic E-state index is 5.19. The lowest BCUT2D eigenvalue weighted by atomic mass is 10.1. The zero-order chi connectivity index (χ0) is 12.5. The Hall–Kier alpha value is -2.07. The van der Waals surface area contributed by atoms with E-state index in [9.17, 15) is 0 Å². The second-order valence-electron chi connectivity index (χ2n) is 4.12. The molecule has 0 aliphatic carbocycles. The molecule has 88 valence electrons. The molecule has 18 heavy (non-hydrogen) atoms. The highest BCUT2D eigenvalue weighted by Crippen LogP contribution is 2.24. The predicted octanol–water partition coefficient (Wildman–Crippen LogP) is 3.66. The van der Waals surface area contributed by atoms with E-state index < -0.39 is 0 Å². The fraction of sp³-hybridized carbons (Fsp3) is 0.0714. The van der Waals surface area contributed by atoms with Gasteiger partial charge in [-0.25, -0.2) is 4.98 Å². The van der Waals surface area contributed by atoms with Crippen LogP contribution in [0.1, 0.15) is 5.56 Å². The Morgan fingerprint density at radius 1 is 1.17 bits per heavy atom. The van der Waals surface area contributed by atoms with Crippen LogP contribution in [-0.2, 0) is 0 Å². The molecule has 0 amide bonds. The third-order valence-electron chi connectivity index (χ3n) is 2.98. The lowest BCUT2D eigenvalue weighted by molar-refractivity contribution is 1.12. The first-order valence-corrected chi connectivity index (χ1v) is 6.06. The van der Waals surface area contributed by atoms with Crippen molar-refractivity contribution in [2.24, 2.45) is 0 Å². The number of aromatic nitrogens is 3. The van der Waals surface area contributed by atoms with Gasteiger partial charge in [-0.2, -0.15) is 0 Å². The molecule has 0 radical (unpaired) electrons. The van der Waals surface area contributed by atoms with Gasteiger partial charge in [-0.3, -0.25) is 4.98 Å². The van der Waals surface area contributed by atoms with Crippen LogP contribution >= 0.6 is 12.2 Å². The maximum absolute atomic E-state index is 5.19. The molecule has 0 unspecified atom stereocenters. The van der Waals surface area contributed by atoms with E-state index in [0.717, 1.165) is 27.7 Å². The Kier molecular flexibility index (Phi) is 2.64. The van der Waals surface area contributed by atoms with Crippen LogP contribution in [0, 0.1) is 11.6 Å². The van der Waals surface area contributed by atoms with E-state index in [1.807, 2.05) is 25.1 Å². The topological polar surface area (TPSA) is 41.6 Å². The van der Waals surface area contributed by atoms with E-state index in [-0.39, 0.29) is 0 Å². The van der Waals surface area contributed by atoms with Crippen molar-refractivity contribution in [3.05, 3.63) is 53.1 Å². The third kappa shape index (κ3) is 1.80. The fourth-order valence-electron chi connectivity index (χ4n) is 2.00. The molecule has 3 aromatic rings. The number of pyridine rings is 1. The van der Waals surface area contributed by atoms with Crippen LogP contribution in [0.2, 0.25) is 0 Å². The number of hydrogen-bond acceptors (Lipinski definition) is 3. The second kappa shape index (κ2) is 4.31. The third-order valence-corrected chi connectivity index (χ3v) is 3.39. The Bertz CT molecular complexity index is 777. The lowest BCUT2D eigenvalue weighted by Crippen LogP contribution is -1.91. The van der Waals surface area contributed by atoms with Crippen molar-refractivity contribution in [1.29, 1.82) is 0 Å². The average molecular weight is 253 g/mol. The van der Waals surface area contributed by atoms with E-state index in [1.165, 1.54) is 0 Å². The van der Waals surface area contributed by atoms with Gasteiger partial charge in [0.2, 0.25) is 0 Å². The minimum atomic E-state index is 0.634. The molecule has 0 saturated heterocycles. The van der Waals surface area contributed by atoms with E-state index >= 15 is 0 Å². The average Bonchev–Trinajstić information content (AvgIpc) is 2.41. The summed E-state index contributed by atoms with van der Waals surface area (Å²) in [6, 6.07) is 10.2. The van der Waals surface area contributed by atoms with Crippen molar-refractivity contribution in [3.8, 4) is 11.3 Å². The molecule has 1 aromatic carbocycles. The van der Waals surface area contributed by atoms with Crippen molar-refractivity contribution in [1.82, 2.24) is 15.0 Å². The predicted molar refractivity (Wildman–Crippen MR) is 74.9 cm³/mol. The number of nitrogens with zero attached hydrogens (tertiary/aromatic N) is 2. The summed E-state index contributed by atoms with van der Waals surface area (Å²) in [5.41, 5.74) is 4.10. The van der Waals surface area contributed by atoms with Gasteiger partial charge in [0.1, 0.15) is 4.64 Å². The number of aromatic amines is 1. The highest BCUT2D eigenvalue weighted by atomic mass is 32.1. The smallest absolute Gasteiger partial charge is 0.132 e. The summed E-state index contributed by atoms with van der Waals surface area (Å²) in [5, 5.41) is 1.12. The first-order valence-electron chi connectivity index (χ1n) is 5.65. The largest absolute Gasteiger partial charge is 0.346 e. The normalized spacial score (nSPS) is 10.7. The zero-order valence-electron chi connectivity index (χ0n) is 9.84. The van der Waals surface area contributed by atoms with Gasteiger partial charge in [0.05, 0.1) is 17.5 Å². The van der Waals surface area contributed by atoms with Gasteiger partial charge in [-0.1, -0.05) is 24.4 Å². The van der Waals surface area contributed by atoms with Crippen LogP contribution in [0.5, 0.6) is 0 Å². The molecule has 0 aliphatic rings. The first-order chi connectivity index (χ1) is 8.75. The Morgan fingerprint density at radius 3 is 2.94 bits per heavy atom. The zero-order valence-corrected chi connectivity index (χ0v) is 10.7. The molecule has 0 atom stereocenters. The summed E-state index contributed by atoms with van der Waals surface area (Å²) in [6.07, 6.45) is 3.44. The molecule has 0 aliphatic heterocycles. The Balaban J connectivity index is 2.26. The summed E-state index contributed by atoms with van der Waals surface area (Å²) in [5.74, 6) is 0. The molecule has 4 heteroatoms. The molecule has 1 N–H and O–H groups in total. The number of H-pyrrole nitrogens is 1. The first kappa shape index (κ1) is 11.0. The van der Waals surface area contributed by atoms with E-state index in [2.05, 4.69) is 27.1 Å². The molecule has 0 saturated carbocycles. The summed E-state index contributed by atoms with van der Waals surface area (Å²) >= 11 is 5.19. The number of nitrogens with one attached hydrogen (secondary N) is 1. The number of rotatable bonds is 1. The molecular formula is C14H11N3S. The van der Waals surface area contributed by atoms with Crippen LogP contribution in [0.15, 0.2) is 42.9 Å². The molecule has 2 aromatic heterocycles. The SMILES string of the molecule is Cc1c(-c2ccc3ncccc3c2)[nH]cnc1=S. The Morgan fingerprint density at radius 2 is 2.06 bits per heavy atom. The molecule has 0 fully saturated rings. The number of hydrogen-bond donors (Lipinski definition) is 1. The molecule has 3 nitrogen and oxygen atoms in total. The number of fused-ring (bicyclic) bond motifs is 1. The van der Waals surface area contributed by atoms with Gasteiger partial charge in [0.15, 0.2) is 0 Å². The Labute approximate surface area is 110 Å². The van der Waals surface area contributed by atoms with Gasteiger partial charge < -0.3 is 4.98 Å². The summed E-state index contributed by atoms with van der Waals surface area (Å²) in [7, 11) is 0. The lowest BCUT2D eigenvalue weighted by Gasteiger charge is -2.06. The minimum Gasteiger partial charge on any atom is -0.346 e. The molecule has 0 spiro atoms. The van der Waals surface area contributed by atoms with Gasteiger partial charge >= 0.3 is 0 Å². The second-order valence-corrected chi connectivity index (χ2v) is 4.51. The van der Waals surface area contributed by atoms with E-state index in [1.54, 1.807) is 12.5 Å². The van der Waals surface area contributed by atoms with Gasteiger partial charge in [-0.05, 0) is 30.7 Å². The molecule has 0 bridgehead atoms. The van der Waals surface area contributed by atoms with Crippen LogP contribution in [-0.4, -0.2) is 15.0 Å². The van der Waals surface area contributed by atoms with Gasteiger partial charge in [0.25, 0.3) is 0 Å². The van der Waals surface area contributed by atoms with Crippen molar-refractivity contribution < 1.29 is 0 Å². The van der Waals surface area contributed by atoms with E-state index in [4.69, 9.17) is 12.2 Å². The maximum Gasteiger partial charge on any atom is 0.132 e. The van der Waals surface area contributed by atoms with Crippen molar-refractivity contribution in [2.45, 2.75) is 6.92 Å². The monoisotopic (exact) mass is 253 g/mol. The van der Waals surface area contributed by atoms with Crippen LogP contribution in [0.25, 0.3) is 22.2 Å². The molecule has 3 rings (SSSR count). The van der Waals surface area contributed by atoms with Crippen molar-refractivity contribution in [2.75, 3.05) is 0 Å². The highest BCUT2D eigenvalue weighted by Gasteiger charge is 2.05. The number of benzene rings is 1. The highest BCUT2D eigenvalue weighted by molar-refractivity contribution is 7.71. The molecule has 2 heterocycles. The quantitative estimate of drug-likeness (QED) is 0.673. The minimum absolute atomic E-state index is 0.634.